The topological polar surface area (TPSA) is 71.1 Å². The summed E-state index contributed by atoms with van der Waals surface area (Å²) in [5, 5.41) is 5.74. The van der Waals surface area contributed by atoms with Gasteiger partial charge in [-0.3, -0.25) is 9.59 Å². The Balaban J connectivity index is 1.33. The Morgan fingerprint density at radius 3 is 2.30 bits per heavy atom. The fourth-order valence-corrected chi connectivity index (χ4v) is 5.44. The predicted octanol–water partition coefficient (Wildman–Crippen LogP) is 5.37. The summed E-state index contributed by atoms with van der Waals surface area (Å²) >= 11 is 11.7. The van der Waals surface area contributed by atoms with Gasteiger partial charge in [0.05, 0.1) is 10.6 Å². The Hall–Kier alpha value is -2.32. The first-order valence-corrected chi connectivity index (χ1v) is 11.4. The molecule has 2 aliphatic rings. The van der Waals surface area contributed by atoms with Crippen molar-refractivity contribution >= 4 is 35.0 Å². The van der Waals surface area contributed by atoms with Gasteiger partial charge < -0.3 is 10.6 Å². The van der Waals surface area contributed by atoms with Gasteiger partial charge in [-0.15, -0.1) is 0 Å². The average Bonchev–Trinajstić information content (AvgIpc) is 3.25. The highest BCUT2D eigenvalue weighted by Crippen LogP contribution is 2.59. The van der Waals surface area contributed by atoms with Gasteiger partial charge in [-0.1, -0.05) is 30.1 Å². The average molecular weight is 500 g/mol. The van der Waals surface area contributed by atoms with Crippen LogP contribution in [0.25, 0.3) is 0 Å². The third kappa shape index (κ3) is 4.96. The van der Waals surface area contributed by atoms with E-state index in [2.05, 4.69) is 15.6 Å². The van der Waals surface area contributed by atoms with E-state index in [9.17, 15) is 22.8 Å². The molecular formula is C23H22Cl2F3N3O2. The zero-order valence-electron chi connectivity index (χ0n) is 17.6. The van der Waals surface area contributed by atoms with Gasteiger partial charge in [-0.2, -0.15) is 13.2 Å². The van der Waals surface area contributed by atoms with Crippen molar-refractivity contribution in [3.63, 3.8) is 0 Å². The van der Waals surface area contributed by atoms with Crippen LogP contribution in [0, 0.1) is 17.8 Å². The summed E-state index contributed by atoms with van der Waals surface area (Å²) in [5.74, 6) is 0.136. The van der Waals surface area contributed by atoms with Crippen LogP contribution in [0.4, 0.5) is 13.2 Å². The molecule has 0 bridgehead atoms. The fraction of sp³-hybridized carbons (Fsp3) is 0.435. The summed E-state index contributed by atoms with van der Waals surface area (Å²) in [5.41, 5.74) is -0.967. The highest BCUT2D eigenvalue weighted by Gasteiger charge is 2.58. The van der Waals surface area contributed by atoms with Crippen LogP contribution in [0.5, 0.6) is 0 Å². The maximum Gasteiger partial charge on any atom is 0.417 e. The summed E-state index contributed by atoms with van der Waals surface area (Å²) in [6.45, 7) is 2.02. The van der Waals surface area contributed by atoms with Crippen molar-refractivity contribution in [1.82, 2.24) is 15.6 Å². The molecule has 5 nitrogen and oxygen atoms in total. The second kappa shape index (κ2) is 9.14. The second-order valence-corrected chi connectivity index (χ2v) is 9.38. The standard InChI is InChI=1S/C23H22Cl2F3N3O2/c1-2-17(31-21(32)11-3-5-12(24)6-4-11)18-14-9-13(10-15(14)18)30-22(33)20-19(25)16(7-8-29-20)23(26,27)28/h3-8,13-15,17-18H,2,9-10H2,1H3,(H,30,33)(H,31,32)/t13-,14-,15+,17?,18+. The SMILES string of the molecule is CCC(NC(=O)c1ccc(Cl)cc1)[C@H]1[C@@H]2C[C@@H](NC(=O)c3nccc(C(F)(F)F)c3Cl)C[C@@H]21. The summed E-state index contributed by atoms with van der Waals surface area (Å²) in [7, 11) is 0. The number of aromatic nitrogens is 1. The number of nitrogens with one attached hydrogen (secondary N) is 2. The molecule has 0 radical (unpaired) electrons. The van der Waals surface area contributed by atoms with Crippen LogP contribution < -0.4 is 10.6 Å². The van der Waals surface area contributed by atoms with Gasteiger partial charge >= 0.3 is 6.18 Å². The Morgan fingerprint density at radius 2 is 1.73 bits per heavy atom. The van der Waals surface area contributed by atoms with Crippen molar-refractivity contribution < 1.29 is 22.8 Å². The molecule has 2 aromatic rings. The van der Waals surface area contributed by atoms with Crippen LogP contribution in [0.1, 0.15) is 52.6 Å². The normalized spacial score (nSPS) is 24.7. The maximum absolute atomic E-state index is 13.0. The largest absolute Gasteiger partial charge is 0.417 e. The zero-order chi connectivity index (χ0) is 23.9. The van der Waals surface area contributed by atoms with Crippen molar-refractivity contribution in [3.8, 4) is 0 Å². The first-order chi connectivity index (χ1) is 15.6. The lowest BCUT2D eigenvalue weighted by atomic mass is 9.99. The van der Waals surface area contributed by atoms with Crippen LogP contribution in [-0.4, -0.2) is 28.9 Å². The Kier molecular flexibility index (Phi) is 6.60. The maximum atomic E-state index is 13.0. The quantitative estimate of drug-likeness (QED) is 0.561. The zero-order valence-corrected chi connectivity index (χ0v) is 19.1. The number of amides is 2. The van der Waals surface area contributed by atoms with E-state index in [1.807, 2.05) is 6.92 Å². The van der Waals surface area contributed by atoms with Crippen LogP contribution in [0.15, 0.2) is 36.5 Å². The molecule has 2 saturated carbocycles. The number of pyridine rings is 1. The lowest BCUT2D eigenvalue weighted by Crippen LogP contribution is -2.39. The first-order valence-electron chi connectivity index (χ1n) is 10.7. The van der Waals surface area contributed by atoms with Gasteiger partial charge in [0.2, 0.25) is 0 Å². The summed E-state index contributed by atoms with van der Waals surface area (Å²) < 4.78 is 39.1. The molecule has 10 heteroatoms. The third-order valence-electron chi connectivity index (χ3n) is 6.58. The summed E-state index contributed by atoms with van der Waals surface area (Å²) in [6, 6.07) is 7.29. The van der Waals surface area contributed by atoms with Crippen LogP contribution >= 0.6 is 23.2 Å². The summed E-state index contributed by atoms with van der Waals surface area (Å²) in [4.78, 5) is 28.8. The van der Waals surface area contributed by atoms with Crippen molar-refractivity contribution in [2.24, 2.45) is 17.8 Å². The van der Waals surface area contributed by atoms with Crippen molar-refractivity contribution in [3.05, 3.63) is 63.4 Å². The monoisotopic (exact) mass is 499 g/mol. The number of hydrogen-bond donors (Lipinski definition) is 2. The van der Waals surface area contributed by atoms with Crippen LogP contribution in [0.3, 0.4) is 0 Å². The molecule has 1 aromatic heterocycles. The number of alkyl halides is 3. The molecule has 2 aliphatic carbocycles. The van der Waals surface area contributed by atoms with Crippen molar-refractivity contribution in [2.45, 2.75) is 44.4 Å². The number of carbonyl (C=O) groups excluding carboxylic acids is 2. The van der Waals surface area contributed by atoms with Crippen molar-refractivity contribution in [1.29, 1.82) is 0 Å². The number of fused-ring (bicyclic) bond motifs is 1. The lowest BCUT2D eigenvalue weighted by molar-refractivity contribution is -0.137. The number of nitrogens with zero attached hydrogens (tertiary/aromatic N) is 1. The molecule has 4 rings (SSSR count). The number of rotatable bonds is 6. The van der Waals surface area contributed by atoms with E-state index in [0.29, 0.717) is 41.2 Å². The number of benzene rings is 1. The molecular weight excluding hydrogens is 478 g/mol. The molecule has 0 aliphatic heterocycles. The second-order valence-electron chi connectivity index (χ2n) is 8.56. The first kappa shape index (κ1) is 23.8. The van der Waals surface area contributed by atoms with E-state index in [0.717, 1.165) is 18.7 Å². The molecule has 1 unspecified atom stereocenters. The van der Waals surface area contributed by atoms with Gasteiger partial charge in [-0.05, 0) is 67.3 Å². The van der Waals surface area contributed by atoms with E-state index in [1.165, 1.54) is 0 Å². The fourth-order valence-electron chi connectivity index (χ4n) is 5.00. The van der Waals surface area contributed by atoms with E-state index >= 15 is 0 Å². The molecule has 1 heterocycles. The van der Waals surface area contributed by atoms with E-state index in [4.69, 9.17) is 23.2 Å². The molecule has 1 aromatic carbocycles. The number of carbonyl (C=O) groups is 2. The van der Waals surface area contributed by atoms with E-state index in [-0.39, 0.29) is 18.0 Å². The number of halogens is 5. The molecule has 2 N–H and O–H groups in total. The van der Waals surface area contributed by atoms with Gasteiger partial charge in [0.15, 0.2) is 0 Å². The molecule has 176 valence electrons. The molecule has 0 saturated heterocycles. The highest BCUT2D eigenvalue weighted by atomic mass is 35.5. The molecule has 2 fully saturated rings. The lowest BCUT2D eigenvalue weighted by Gasteiger charge is -2.22. The Labute approximate surface area is 199 Å². The molecule has 5 atom stereocenters. The third-order valence-corrected chi connectivity index (χ3v) is 7.22. The minimum Gasteiger partial charge on any atom is -0.349 e. The minimum absolute atomic E-state index is 0.0133. The van der Waals surface area contributed by atoms with Crippen LogP contribution in [-0.2, 0) is 6.18 Å². The van der Waals surface area contributed by atoms with E-state index in [1.54, 1.807) is 24.3 Å². The van der Waals surface area contributed by atoms with Crippen molar-refractivity contribution in [2.75, 3.05) is 0 Å². The Bertz CT molecular complexity index is 1050. The van der Waals surface area contributed by atoms with Gasteiger partial charge in [0.25, 0.3) is 11.8 Å². The Morgan fingerprint density at radius 1 is 1.09 bits per heavy atom. The number of hydrogen-bond acceptors (Lipinski definition) is 3. The smallest absolute Gasteiger partial charge is 0.349 e. The summed E-state index contributed by atoms with van der Waals surface area (Å²) in [6.07, 6.45) is -1.56. The van der Waals surface area contributed by atoms with Crippen LogP contribution in [0.2, 0.25) is 10.0 Å². The minimum atomic E-state index is -4.66. The van der Waals surface area contributed by atoms with E-state index < -0.39 is 28.4 Å². The van der Waals surface area contributed by atoms with Gasteiger partial charge in [-0.25, -0.2) is 4.98 Å². The molecule has 33 heavy (non-hydrogen) atoms. The molecule has 2 amide bonds. The van der Waals surface area contributed by atoms with Gasteiger partial charge in [0, 0.05) is 28.9 Å². The highest BCUT2D eigenvalue weighted by molar-refractivity contribution is 6.34. The molecule has 0 spiro atoms. The van der Waals surface area contributed by atoms with Gasteiger partial charge in [0.1, 0.15) is 5.69 Å². The predicted molar refractivity (Wildman–Crippen MR) is 118 cm³/mol.